The van der Waals surface area contributed by atoms with E-state index in [4.69, 9.17) is 11.6 Å². The van der Waals surface area contributed by atoms with Gasteiger partial charge in [-0.25, -0.2) is 26.4 Å². The number of hydrogen-bond acceptors (Lipinski definition) is 5. The number of carbonyl (C=O) groups excluding carboxylic acids is 1. The SMILES string of the molecule is COC(=O)C=Cc1cc(F)cnc1Cc1c(F)ccc(F)c1S(=O)(=O)c1ccc(Cl)cc1. The van der Waals surface area contributed by atoms with Gasteiger partial charge in [0, 0.05) is 23.1 Å². The normalized spacial score (nSPS) is 11.7. The Morgan fingerprint density at radius 1 is 1.09 bits per heavy atom. The van der Waals surface area contributed by atoms with E-state index in [1.165, 1.54) is 30.3 Å². The largest absolute Gasteiger partial charge is 0.466 e. The molecule has 0 N–H and O–H groups in total. The summed E-state index contributed by atoms with van der Waals surface area (Å²) in [6, 6.07) is 7.48. The van der Waals surface area contributed by atoms with Gasteiger partial charge in [-0.3, -0.25) is 4.98 Å². The Bertz CT molecular complexity index is 1310. The molecule has 0 aliphatic carbocycles. The molecular weight excluding hydrogens is 467 g/mol. The third-order valence-corrected chi connectivity index (χ3v) is 6.59. The van der Waals surface area contributed by atoms with Crippen molar-refractivity contribution in [3.8, 4) is 0 Å². The molecule has 32 heavy (non-hydrogen) atoms. The fourth-order valence-electron chi connectivity index (χ4n) is 2.93. The highest BCUT2D eigenvalue weighted by atomic mass is 35.5. The molecule has 166 valence electrons. The van der Waals surface area contributed by atoms with Crippen LogP contribution in [0.3, 0.4) is 0 Å². The lowest BCUT2D eigenvalue weighted by atomic mass is 10.0. The number of hydrogen-bond donors (Lipinski definition) is 0. The number of carbonyl (C=O) groups is 1. The van der Waals surface area contributed by atoms with E-state index in [0.717, 1.165) is 31.5 Å². The number of benzene rings is 2. The topological polar surface area (TPSA) is 73.3 Å². The molecule has 10 heteroatoms. The number of sulfone groups is 1. The van der Waals surface area contributed by atoms with Crippen LogP contribution in [0.4, 0.5) is 13.2 Å². The predicted octanol–water partition coefficient (Wildman–Crippen LogP) is 4.76. The molecule has 2 aromatic carbocycles. The van der Waals surface area contributed by atoms with Crippen molar-refractivity contribution in [2.75, 3.05) is 7.11 Å². The molecule has 3 rings (SSSR count). The fraction of sp³-hybridized carbons (Fsp3) is 0.0909. The van der Waals surface area contributed by atoms with E-state index in [9.17, 15) is 26.4 Å². The molecule has 0 spiro atoms. The van der Waals surface area contributed by atoms with Crippen LogP contribution in [0.5, 0.6) is 0 Å². The third kappa shape index (κ3) is 5.00. The molecule has 0 aliphatic heterocycles. The second kappa shape index (κ2) is 9.54. The lowest BCUT2D eigenvalue weighted by molar-refractivity contribution is -0.134. The second-order valence-electron chi connectivity index (χ2n) is 6.52. The molecule has 5 nitrogen and oxygen atoms in total. The zero-order valence-electron chi connectivity index (χ0n) is 16.5. The van der Waals surface area contributed by atoms with Gasteiger partial charge in [-0.15, -0.1) is 0 Å². The van der Waals surface area contributed by atoms with Gasteiger partial charge >= 0.3 is 5.97 Å². The van der Waals surface area contributed by atoms with Crippen LogP contribution in [-0.2, 0) is 25.8 Å². The van der Waals surface area contributed by atoms with Crippen LogP contribution in [0, 0.1) is 17.5 Å². The number of nitrogens with zero attached hydrogens (tertiary/aromatic N) is 1. The molecule has 0 fully saturated rings. The van der Waals surface area contributed by atoms with E-state index < -0.39 is 50.1 Å². The Hall–Kier alpha value is -3.17. The van der Waals surface area contributed by atoms with Crippen molar-refractivity contribution >= 4 is 33.5 Å². The Balaban J connectivity index is 2.15. The Labute approximate surface area is 187 Å². The lowest BCUT2D eigenvalue weighted by Crippen LogP contribution is -2.12. The lowest BCUT2D eigenvalue weighted by Gasteiger charge is -2.14. The van der Waals surface area contributed by atoms with Crippen molar-refractivity contribution in [1.29, 1.82) is 0 Å². The molecule has 0 atom stereocenters. The first kappa shape index (κ1) is 23.5. The summed E-state index contributed by atoms with van der Waals surface area (Å²) >= 11 is 5.79. The molecule has 0 radical (unpaired) electrons. The zero-order valence-corrected chi connectivity index (χ0v) is 18.1. The van der Waals surface area contributed by atoms with Crippen molar-refractivity contribution in [2.24, 2.45) is 0 Å². The van der Waals surface area contributed by atoms with E-state index in [1.807, 2.05) is 0 Å². The molecule has 0 bridgehead atoms. The molecule has 1 aromatic heterocycles. The highest BCUT2D eigenvalue weighted by Crippen LogP contribution is 2.31. The Morgan fingerprint density at radius 3 is 2.41 bits per heavy atom. The molecule has 0 aliphatic rings. The molecule has 0 unspecified atom stereocenters. The zero-order chi connectivity index (χ0) is 23.5. The summed E-state index contributed by atoms with van der Waals surface area (Å²) in [6.45, 7) is 0. The van der Waals surface area contributed by atoms with Crippen molar-refractivity contribution in [2.45, 2.75) is 16.2 Å². The number of rotatable bonds is 6. The maximum atomic E-state index is 14.8. The van der Waals surface area contributed by atoms with Gasteiger partial charge in [0.25, 0.3) is 0 Å². The van der Waals surface area contributed by atoms with Gasteiger partial charge in [-0.2, -0.15) is 0 Å². The van der Waals surface area contributed by atoms with Crippen LogP contribution in [-0.4, -0.2) is 26.5 Å². The van der Waals surface area contributed by atoms with E-state index in [2.05, 4.69) is 9.72 Å². The first-order valence-corrected chi connectivity index (χ1v) is 10.9. The summed E-state index contributed by atoms with van der Waals surface area (Å²) in [5.74, 6) is -3.63. The Morgan fingerprint density at radius 2 is 1.75 bits per heavy atom. The summed E-state index contributed by atoms with van der Waals surface area (Å²) in [7, 11) is -3.33. The summed E-state index contributed by atoms with van der Waals surface area (Å²) in [5, 5.41) is 0.265. The highest BCUT2D eigenvalue weighted by Gasteiger charge is 2.28. The van der Waals surface area contributed by atoms with Crippen molar-refractivity contribution in [1.82, 2.24) is 4.98 Å². The van der Waals surface area contributed by atoms with Crippen LogP contribution in [0.15, 0.2) is 64.5 Å². The smallest absolute Gasteiger partial charge is 0.330 e. The number of ether oxygens (including phenoxy) is 1. The van der Waals surface area contributed by atoms with Crippen molar-refractivity contribution in [3.63, 3.8) is 0 Å². The molecule has 0 amide bonds. The number of esters is 1. The molecule has 3 aromatic rings. The summed E-state index contributed by atoms with van der Waals surface area (Å²) in [5.41, 5.74) is -0.413. The minimum Gasteiger partial charge on any atom is -0.466 e. The average Bonchev–Trinajstić information content (AvgIpc) is 2.76. The average molecular weight is 482 g/mol. The fourth-order valence-corrected chi connectivity index (χ4v) is 4.61. The van der Waals surface area contributed by atoms with Gasteiger partial charge in [0.1, 0.15) is 22.3 Å². The number of methoxy groups -OCH3 is 1. The highest BCUT2D eigenvalue weighted by molar-refractivity contribution is 7.91. The van der Waals surface area contributed by atoms with Gasteiger partial charge in [0.15, 0.2) is 0 Å². The summed E-state index contributed by atoms with van der Waals surface area (Å²) in [6.07, 6.45) is 2.53. The van der Waals surface area contributed by atoms with Crippen molar-refractivity contribution in [3.05, 3.63) is 94.0 Å². The van der Waals surface area contributed by atoms with E-state index in [0.29, 0.717) is 6.07 Å². The predicted molar refractivity (Wildman–Crippen MR) is 111 cm³/mol. The van der Waals surface area contributed by atoms with Gasteiger partial charge in [0.2, 0.25) is 9.84 Å². The van der Waals surface area contributed by atoms with Gasteiger partial charge in [0.05, 0.1) is 23.9 Å². The Kier molecular flexibility index (Phi) is 7.00. The number of aromatic nitrogens is 1. The van der Waals surface area contributed by atoms with Crippen LogP contribution in [0.1, 0.15) is 16.8 Å². The number of halogens is 4. The van der Waals surface area contributed by atoms with E-state index in [1.54, 1.807) is 0 Å². The minimum absolute atomic E-state index is 0.0172. The van der Waals surface area contributed by atoms with Crippen LogP contribution in [0.2, 0.25) is 5.02 Å². The quantitative estimate of drug-likeness (QED) is 0.375. The van der Waals surface area contributed by atoms with Crippen LogP contribution >= 0.6 is 11.6 Å². The monoisotopic (exact) mass is 481 g/mol. The van der Waals surface area contributed by atoms with Crippen LogP contribution in [0.25, 0.3) is 6.08 Å². The molecule has 1 heterocycles. The maximum Gasteiger partial charge on any atom is 0.330 e. The first-order valence-electron chi connectivity index (χ1n) is 9.01. The summed E-state index contributed by atoms with van der Waals surface area (Å²) in [4.78, 5) is 14.1. The maximum absolute atomic E-state index is 14.8. The third-order valence-electron chi connectivity index (χ3n) is 4.46. The van der Waals surface area contributed by atoms with E-state index in [-0.39, 0.29) is 21.2 Å². The standard InChI is InChI=1S/C22H15ClF3NO4S/c1-31-21(28)9-2-13-10-15(24)12-27-20(13)11-17-18(25)7-8-19(26)22(17)32(29,30)16-5-3-14(23)4-6-16/h2-10,12H,11H2,1H3. The number of pyridine rings is 1. The van der Waals surface area contributed by atoms with E-state index >= 15 is 0 Å². The molecular formula is C22H15ClF3NO4S. The first-order chi connectivity index (χ1) is 15.1. The van der Waals surface area contributed by atoms with Gasteiger partial charge < -0.3 is 4.74 Å². The summed E-state index contributed by atoms with van der Waals surface area (Å²) < 4.78 is 73.9. The molecule has 0 saturated carbocycles. The van der Waals surface area contributed by atoms with Gasteiger partial charge in [-0.1, -0.05) is 11.6 Å². The van der Waals surface area contributed by atoms with Crippen LogP contribution < -0.4 is 0 Å². The van der Waals surface area contributed by atoms with Gasteiger partial charge in [-0.05, 0) is 54.1 Å². The molecule has 0 saturated heterocycles. The van der Waals surface area contributed by atoms with Crippen molar-refractivity contribution < 1.29 is 31.1 Å². The second-order valence-corrected chi connectivity index (χ2v) is 8.84. The minimum atomic E-state index is -4.48.